The minimum absolute atomic E-state index is 0.0307. The number of nitrogens with one attached hydrogen (secondary N) is 1. The van der Waals surface area contributed by atoms with Gasteiger partial charge in [-0.15, -0.1) is 0 Å². The molecule has 21 heavy (non-hydrogen) atoms. The number of piperazine rings is 1. The predicted molar refractivity (Wildman–Crippen MR) is 77.8 cm³/mol. The number of rotatable bonds is 7. The van der Waals surface area contributed by atoms with Gasteiger partial charge in [-0.3, -0.25) is 9.59 Å². The Bertz CT molecular complexity index is 380. The monoisotopic (exact) mass is 298 g/mol. The fourth-order valence-electron chi connectivity index (χ4n) is 3.18. The highest BCUT2D eigenvalue weighted by Gasteiger charge is 2.50. The number of hydrogen-bond donors (Lipinski definition) is 1. The summed E-state index contributed by atoms with van der Waals surface area (Å²) in [6.07, 6.45) is 4.29. The zero-order valence-electron chi connectivity index (χ0n) is 13.0. The van der Waals surface area contributed by atoms with Gasteiger partial charge in [0.25, 0.3) is 0 Å². The highest BCUT2D eigenvalue weighted by molar-refractivity contribution is 5.99. The Morgan fingerprint density at radius 1 is 1.24 bits per heavy atom. The largest absolute Gasteiger partial charge is 0.382 e. The summed E-state index contributed by atoms with van der Waals surface area (Å²) in [4.78, 5) is 26.6. The molecule has 1 unspecified atom stereocenters. The van der Waals surface area contributed by atoms with Crippen molar-refractivity contribution in [3.63, 3.8) is 0 Å². The van der Waals surface area contributed by atoms with Gasteiger partial charge < -0.3 is 19.7 Å². The van der Waals surface area contributed by atoms with Gasteiger partial charge in [0, 0.05) is 20.3 Å². The fraction of sp³-hybridized carbons (Fsp3) is 0.867. The van der Waals surface area contributed by atoms with E-state index in [-0.39, 0.29) is 17.9 Å². The molecule has 6 nitrogen and oxygen atoms in total. The minimum Gasteiger partial charge on any atom is -0.382 e. The van der Waals surface area contributed by atoms with Crippen molar-refractivity contribution in [1.82, 2.24) is 10.2 Å². The van der Waals surface area contributed by atoms with Crippen LogP contribution in [0, 0.1) is 0 Å². The highest BCUT2D eigenvalue weighted by atomic mass is 16.5. The van der Waals surface area contributed by atoms with E-state index >= 15 is 0 Å². The maximum Gasteiger partial charge on any atom is 0.248 e. The lowest BCUT2D eigenvalue weighted by Crippen LogP contribution is -2.68. The van der Waals surface area contributed by atoms with Crippen LogP contribution in [0.3, 0.4) is 0 Å². The second-order valence-electron chi connectivity index (χ2n) is 5.91. The molecule has 0 radical (unpaired) electrons. The Kier molecular flexibility index (Phi) is 5.58. The van der Waals surface area contributed by atoms with Crippen molar-refractivity contribution < 1.29 is 19.1 Å². The molecule has 0 aromatic carbocycles. The van der Waals surface area contributed by atoms with Gasteiger partial charge in [0.05, 0.1) is 13.2 Å². The molecule has 6 heteroatoms. The fourth-order valence-corrected chi connectivity index (χ4v) is 3.18. The first-order valence-electron chi connectivity index (χ1n) is 7.80. The van der Waals surface area contributed by atoms with Gasteiger partial charge >= 0.3 is 0 Å². The predicted octanol–water partition coefficient (Wildman–Crippen LogP) is 0.699. The molecule has 0 bridgehead atoms. The lowest BCUT2D eigenvalue weighted by atomic mass is 9.91. The van der Waals surface area contributed by atoms with Crippen LogP contribution < -0.4 is 5.32 Å². The van der Waals surface area contributed by atoms with Crippen LogP contribution in [0.15, 0.2) is 0 Å². The summed E-state index contributed by atoms with van der Waals surface area (Å²) < 4.78 is 10.3. The molecule has 1 atom stereocenters. The Balaban J connectivity index is 1.87. The van der Waals surface area contributed by atoms with E-state index in [1.165, 1.54) is 0 Å². The quantitative estimate of drug-likeness (QED) is 0.703. The van der Waals surface area contributed by atoms with Gasteiger partial charge in [0.15, 0.2) is 0 Å². The Morgan fingerprint density at radius 2 is 1.95 bits per heavy atom. The van der Waals surface area contributed by atoms with Gasteiger partial charge in [-0.1, -0.05) is 12.8 Å². The normalized spacial score (nSPS) is 24.7. The summed E-state index contributed by atoms with van der Waals surface area (Å²) in [6.45, 7) is 4.08. The standard InChI is InChI=1S/C15H26N2O4/c1-12-13(18)16-15(6-3-4-7-15)14(19)17(12)8-5-9-21-11-10-20-2/h12H,3-11H2,1-2H3,(H,16,18). The lowest BCUT2D eigenvalue weighted by Gasteiger charge is -2.43. The number of ether oxygens (including phenoxy) is 2. The van der Waals surface area contributed by atoms with Crippen LogP contribution in [-0.4, -0.2) is 61.8 Å². The summed E-state index contributed by atoms with van der Waals surface area (Å²) in [5.41, 5.74) is -0.625. The van der Waals surface area contributed by atoms with E-state index in [9.17, 15) is 9.59 Å². The highest BCUT2D eigenvalue weighted by Crippen LogP contribution is 2.34. The molecular formula is C15H26N2O4. The first kappa shape index (κ1) is 16.2. The average molecular weight is 298 g/mol. The number of methoxy groups -OCH3 is 1. The van der Waals surface area contributed by atoms with Gasteiger partial charge in [-0.05, 0) is 26.2 Å². The van der Waals surface area contributed by atoms with Crippen LogP contribution in [0.4, 0.5) is 0 Å². The van der Waals surface area contributed by atoms with Crippen molar-refractivity contribution in [1.29, 1.82) is 0 Å². The van der Waals surface area contributed by atoms with Gasteiger partial charge in [0.1, 0.15) is 11.6 Å². The zero-order chi connectivity index (χ0) is 15.3. The van der Waals surface area contributed by atoms with Crippen molar-refractivity contribution in [2.24, 2.45) is 0 Å². The molecular weight excluding hydrogens is 272 g/mol. The molecule has 1 saturated heterocycles. The maximum atomic E-state index is 12.7. The van der Waals surface area contributed by atoms with Crippen LogP contribution in [-0.2, 0) is 19.1 Å². The molecule has 0 aromatic heterocycles. The topological polar surface area (TPSA) is 67.9 Å². The summed E-state index contributed by atoms with van der Waals surface area (Å²) in [5.74, 6) is 0.0563. The molecule has 2 amide bonds. The first-order chi connectivity index (χ1) is 10.1. The molecule has 1 spiro atoms. The first-order valence-corrected chi connectivity index (χ1v) is 7.80. The van der Waals surface area contributed by atoms with Crippen molar-refractivity contribution in [3.8, 4) is 0 Å². The Hall–Kier alpha value is -1.14. The van der Waals surface area contributed by atoms with Crippen molar-refractivity contribution in [2.75, 3.05) is 33.5 Å². The number of amides is 2. The molecule has 1 aliphatic carbocycles. The average Bonchev–Trinajstić information content (AvgIpc) is 2.93. The van der Waals surface area contributed by atoms with E-state index in [0.717, 1.165) is 32.1 Å². The summed E-state index contributed by atoms with van der Waals surface area (Å²) in [6, 6.07) is -0.386. The van der Waals surface area contributed by atoms with Gasteiger partial charge in [-0.25, -0.2) is 0 Å². The van der Waals surface area contributed by atoms with Crippen molar-refractivity contribution in [2.45, 2.75) is 50.6 Å². The van der Waals surface area contributed by atoms with E-state index in [0.29, 0.717) is 26.4 Å². The molecule has 1 heterocycles. The summed E-state index contributed by atoms with van der Waals surface area (Å²) in [5, 5.41) is 2.96. The Labute approximate surface area is 126 Å². The van der Waals surface area contributed by atoms with Crippen LogP contribution in [0.1, 0.15) is 39.0 Å². The molecule has 0 aromatic rings. The van der Waals surface area contributed by atoms with Gasteiger partial charge in [-0.2, -0.15) is 0 Å². The third-order valence-corrected chi connectivity index (χ3v) is 4.46. The summed E-state index contributed by atoms with van der Waals surface area (Å²) >= 11 is 0. The number of hydrogen-bond acceptors (Lipinski definition) is 4. The SMILES string of the molecule is COCCOCCCN1C(=O)C2(CCCC2)NC(=O)C1C. The van der Waals surface area contributed by atoms with Gasteiger partial charge in [0.2, 0.25) is 11.8 Å². The van der Waals surface area contributed by atoms with Crippen LogP contribution >= 0.6 is 0 Å². The number of carbonyl (C=O) groups is 2. The third-order valence-electron chi connectivity index (χ3n) is 4.46. The maximum absolute atomic E-state index is 12.7. The minimum atomic E-state index is -0.625. The van der Waals surface area contributed by atoms with Crippen molar-refractivity contribution in [3.05, 3.63) is 0 Å². The van der Waals surface area contributed by atoms with Crippen molar-refractivity contribution >= 4 is 11.8 Å². The van der Waals surface area contributed by atoms with E-state index in [1.54, 1.807) is 18.9 Å². The van der Waals surface area contributed by atoms with E-state index < -0.39 is 5.54 Å². The second kappa shape index (κ2) is 7.22. The molecule has 1 aliphatic heterocycles. The third kappa shape index (κ3) is 3.55. The number of carbonyl (C=O) groups excluding carboxylic acids is 2. The second-order valence-corrected chi connectivity index (χ2v) is 5.91. The number of nitrogens with zero attached hydrogens (tertiary/aromatic N) is 1. The lowest BCUT2D eigenvalue weighted by molar-refractivity contribution is -0.154. The molecule has 2 rings (SSSR count). The van der Waals surface area contributed by atoms with Crippen LogP contribution in [0.25, 0.3) is 0 Å². The van der Waals surface area contributed by atoms with E-state index in [1.807, 2.05) is 0 Å². The summed E-state index contributed by atoms with van der Waals surface area (Å²) in [7, 11) is 1.64. The Morgan fingerprint density at radius 3 is 2.62 bits per heavy atom. The van der Waals surface area contributed by atoms with Crippen LogP contribution in [0.5, 0.6) is 0 Å². The molecule has 1 saturated carbocycles. The van der Waals surface area contributed by atoms with E-state index in [2.05, 4.69) is 5.32 Å². The smallest absolute Gasteiger partial charge is 0.248 e. The van der Waals surface area contributed by atoms with E-state index in [4.69, 9.17) is 9.47 Å². The van der Waals surface area contributed by atoms with Crippen LogP contribution in [0.2, 0.25) is 0 Å². The molecule has 1 N–H and O–H groups in total. The molecule has 2 fully saturated rings. The zero-order valence-corrected chi connectivity index (χ0v) is 13.0. The molecule has 120 valence electrons. The molecule has 2 aliphatic rings.